The van der Waals surface area contributed by atoms with Crippen LogP contribution in [0, 0.1) is 20.8 Å². The maximum Gasteiger partial charge on any atom is 0.237 e. The lowest BCUT2D eigenvalue weighted by Crippen LogP contribution is -2.49. The first-order valence-electron chi connectivity index (χ1n) is 10.1. The van der Waals surface area contributed by atoms with Gasteiger partial charge in [-0.1, -0.05) is 41.0 Å². The van der Waals surface area contributed by atoms with Gasteiger partial charge in [0.15, 0.2) is 5.43 Å². The van der Waals surface area contributed by atoms with Gasteiger partial charge in [-0.25, -0.2) is 0 Å². The molecule has 0 saturated carbocycles. The Bertz CT molecular complexity index is 1110. The zero-order valence-electron chi connectivity index (χ0n) is 17.3. The van der Waals surface area contributed by atoms with Crippen molar-refractivity contribution in [2.75, 3.05) is 19.6 Å². The predicted molar refractivity (Wildman–Crippen MR) is 116 cm³/mol. The SMILES string of the molecule is Cc1cc(C)cc(CN2CCN(Cc3cc(=O)c4cc(C)ccc4[nH]3)CC2=O)c1. The zero-order valence-corrected chi connectivity index (χ0v) is 17.3. The third-order valence-corrected chi connectivity index (χ3v) is 5.49. The largest absolute Gasteiger partial charge is 0.357 e. The second kappa shape index (κ2) is 7.84. The lowest BCUT2D eigenvalue weighted by Gasteiger charge is -2.34. The van der Waals surface area contributed by atoms with Crippen molar-refractivity contribution in [2.45, 2.75) is 33.9 Å². The quantitative estimate of drug-likeness (QED) is 0.745. The Morgan fingerprint density at radius 3 is 2.34 bits per heavy atom. The van der Waals surface area contributed by atoms with E-state index in [-0.39, 0.29) is 11.3 Å². The highest BCUT2D eigenvalue weighted by atomic mass is 16.2. The van der Waals surface area contributed by atoms with E-state index in [1.165, 1.54) is 16.7 Å². The Kier molecular flexibility index (Phi) is 5.24. The normalized spacial score (nSPS) is 15.3. The summed E-state index contributed by atoms with van der Waals surface area (Å²) in [7, 11) is 0. The first kappa shape index (κ1) is 19.4. The van der Waals surface area contributed by atoms with Crippen LogP contribution in [0.25, 0.3) is 10.9 Å². The van der Waals surface area contributed by atoms with Crippen LogP contribution in [0.2, 0.25) is 0 Å². The number of nitrogens with one attached hydrogen (secondary N) is 1. The third-order valence-electron chi connectivity index (χ3n) is 5.49. The van der Waals surface area contributed by atoms with Gasteiger partial charge in [0.25, 0.3) is 0 Å². The molecule has 2 aromatic carbocycles. The number of aryl methyl sites for hydroxylation is 3. The third kappa shape index (κ3) is 4.40. The molecule has 0 bridgehead atoms. The van der Waals surface area contributed by atoms with Crippen molar-refractivity contribution in [3.05, 3.63) is 80.6 Å². The van der Waals surface area contributed by atoms with Gasteiger partial charge in [0.2, 0.25) is 5.91 Å². The van der Waals surface area contributed by atoms with Gasteiger partial charge in [-0.2, -0.15) is 0 Å². The molecule has 1 aliphatic rings. The average molecular weight is 389 g/mol. The fourth-order valence-electron chi connectivity index (χ4n) is 4.18. The Morgan fingerprint density at radius 1 is 0.862 bits per heavy atom. The van der Waals surface area contributed by atoms with Crippen molar-refractivity contribution in [1.82, 2.24) is 14.8 Å². The summed E-state index contributed by atoms with van der Waals surface area (Å²) >= 11 is 0. The number of fused-ring (bicyclic) bond motifs is 1. The number of rotatable bonds is 4. The van der Waals surface area contributed by atoms with Crippen LogP contribution < -0.4 is 5.43 Å². The molecule has 1 N–H and O–H groups in total. The molecule has 5 nitrogen and oxygen atoms in total. The molecule has 0 spiro atoms. The number of pyridine rings is 1. The summed E-state index contributed by atoms with van der Waals surface area (Å²) in [6.07, 6.45) is 0. The molecule has 0 unspecified atom stereocenters. The number of benzene rings is 2. The van der Waals surface area contributed by atoms with Gasteiger partial charge in [-0.3, -0.25) is 14.5 Å². The minimum Gasteiger partial charge on any atom is -0.357 e. The highest BCUT2D eigenvalue weighted by Crippen LogP contribution is 2.16. The van der Waals surface area contributed by atoms with Crippen LogP contribution in [0.4, 0.5) is 0 Å². The second-order valence-electron chi connectivity index (χ2n) is 8.23. The summed E-state index contributed by atoms with van der Waals surface area (Å²) < 4.78 is 0. The van der Waals surface area contributed by atoms with Gasteiger partial charge >= 0.3 is 0 Å². The van der Waals surface area contributed by atoms with Crippen LogP contribution in [0.3, 0.4) is 0 Å². The lowest BCUT2D eigenvalue weighted by molar-refractivity contribution is -0.136. The topological polar surface area (TPSA) is 56.4 Å². The van der Waals surface area contributed by atoms with E-state index in [9.17, 15) is 9.59 Å². The van der Waals surface area contributed by atoms with Gasteiger partial charge in [-0.05, 0) is 38.5 Å². The molecule has 5 heteroatoms. The maximum atomic E-state index is 12.7. The summed E-state index contributed by atoms with van der Waals surface area (Å²) in [6, 6.07) is 14.0. The summed E-state index contributed by atoms with van der Waals surface area (Å²) in [6.45, 7) is 9.25. The predicted octanol–water partition coefficient (Wildman–Crippen LogP) is 3.30. The monoisotopic (exact) mass is 389 g/mol. The molecule has 150 valence electrons. The Labute approximate surface area is 171 Å². The van der Waals surface area contributed by atoms with E-state index >= 15 is 0 Å². The molecule has 29 heavy (non-hydrogen) atoms. The number of piperazine rings is 1. The van der Waals surface area contributed by atoms with Gasteiger partial charge in [-0.15, -0.1) is 0 Å². The number of aromatic amines is 1. The van der Waals surface area contributed by atoms with Crippen molar-refractivity contribution in [3.8, 4) is 0 Å². The van der Waals surface area contributed by atoms with E-state index in [1.807, 2.05) is 30.0 Å². The van der Waals surface area contributed by atoms with Crippen molar-refractivity contribution in [2.24, 2.45) is 0 Å². The fraction of sp³-hybridized carbons (Fsp3) is 0.333. The zero-order chi connectivity index (χ0) is 20.5. The molecular weight excluding hydrogens is 362 g/mol. The summed E-state index contributed by atoms with van der Waals surface area (Å²) in [5.41, 5.74) is 6.42. The van der Waals surface area contributed by atoms with Crippen molar-refractivity contribution in [1.29, 1.82) is 0 Å². The Hall–Kier alpha value is -2.92. The molecule has 3 aromatic rings. The molecular formula is C24H27N3O2. The second-order valence-corrected chi connectivity index (χ2v) is 8.23. The van der Waals surface area contributed by atoms with E-state index in [0.717, 1.165) is 23.3 Å². The van der Waals surface area contributed by atoms with Crippen molar-refractivity contribution in [3.63, 3.8) is 0 Å². The molecule has 0 atom stereocenters. The van der Waals surface area contributed by atoms with E-state index in [4.69, 9.17) is 0 Å². The Morgan fingerprint density at radius 2 is 1.62 bits per heavy atom. The summed E-state index contributed by atoms with van der Waals surface area (Å²) in [5, 5.41) is 0.711. The van der Waals surface area contributed by atoms with Gasteiger partial charge in [0.05, 0.1) is 6.54 Å². The molecule has 1 aromatic heterocycles. The number of carbonyl (C=O) groups excluding carboxylic acids is 1. The highest BCUT2D eigenvalue weighted by Gasteiger charge is 2.24. The van der Waals surface area contributed by atoms with Crippen LogP contribution in [0.1, 0.15) is 27.9 Å². The number of nitrogens with zero attached hydrogens (tertiary/aromatic N) is 2. The fourth-order valence-corrected chi connectivity index (χ4v) is 4.18. The van der Waals surface area contributed by atoms with Crippen LogP contribution in [-0.4, -0.2) is 40.3 Å². The van der Waals surface area contributed by atoms with E-state index in [0.29, 0.717) is 31.6 Å². The van der Waals surface area contributed by atoms with Gasteiger partial charge in [0.1, 0.15) is 0 Å². The maximum absolute atomic E-state index is 12.7. The molecule has 1 saturated heterocycles. The molecule has 0 radical (unpaired) electrons. The summed E-state index contributed by atoms with van der Waals surface area (Å²) in [5.74, 6) is 0.133. The standard InChI is InChI=1S/C24H27N3O2/c1-16-4-5-22-21(11-16)23(28)12-20(25-22)14-26-6-7-27(24(29)15-26)13-19-9-17(2)8-18(3)10-19/h4-5,8-12H,6-7,13-15H2,1-3H3,(H,25,28). The molecule has 4 rings (SSSR count). The molecule has 1 aliphatic heterocycles. The molecule has 1 fully saturated rings. The van der Waals surface area contributed by atoms with E-state index in [1.54, 1.807) is 6.07 Å². The Balaban J connectivity index is 1.44. The van der Waals surface area contributed by atoms with Gasteiger partial charge < -0.3 is 9.88 Å². The number of amides is 1. The minimum absolute atomic E-state index is 0.0252. The average Bonchev–Trinajstić information content (AvgIpc) is 2.64. The highest BCUT2D eigenvalue weighted by molar-refractivity contribution is 5.80. The molecule has 1 amide bonds. The lowest BCUT2D eigenvalue weighted by atomic mass is 10.1. The van der Waals surface area contributed by atoms with Crippen LogP contribution in [-0.2, 0) is 17.9 Å². The summed E-state index contributed by atoms with van der Waals surface area (Å²) in [4.78, 5) is 32.5. The number of hydrogen-bond acceptors (Lipinski definition) is 3. The smallest absolute Gasteiger partial charge is 0.237 e. The number of H-pyrrole nitrogens is 1. The molecule has 2 heterocycles. The van der Waals surface area contributed by atoms with Crippen LogP contribution >= 0.6 is 0 Å². The van der Waals surface area contributed by atoms with Crippen molar-refractivity contribution >= 4 is 16.8 Å². The first-order valence-corrected chi connectivity index (χ1v) is 10.1. The van der Waals surface area contributed by atoms with E-state index in [2.05, 4.69) is 41.9 Å². The van der Waals surface area contributed by atoms with Gasteiger partial charge in [0, 0.05) is 48.8 Å². The van der Waals surface area contributed by atoms with Crippen LogP contribution in [0.15, 0.2) is 47.3 Å². The number of aromatic nitrogens is 1. The number of hydrogen-bond donors (Lipinski definition) is 1. The van der Waals surface area contributed by atoms with Crippen LogP contribution in [0.5, 0.6) is 0 Å². The number of carbonyl (C=O) groups is 1. The molecule has 0 aliphatic carbocycles. The first-order chi connectivity index (χ1) is 13.9. The van der Waals surface area contributed by atoms with Crippen molar-refractivity contribution < 1.29 is 4.79 Å². The minimum atomic E-state index is 0.0252. The van der Waals surface area contributed by atoms with E-state index < -0.39 is 0 Å².